The Kier molecular flexibility index (Phi) is 2.79. The van der Waals surface area contributed by atoms with Gasteiger partial charge < -0.3 is 5.73 Å². The second-order valence-corrected chi connectivity index (χ2v) is 3.74. The van der Waals surface area contributed by atoms with E-state index in [9.17, 15) is 0 Å². The quantitative estimate of drug-likeness (QED) is 0.732. The molecule has 14 heavy (non-hydrogen) atoms. The molecule has 5 heteroatoms. The Labute approximate surface area is 83.9 Å². The third kappa shape index (κ3) is 1.65. The summed E-state index contributed by atoms with van der Waals surface area (Å²) < 4.78 is 1.82. The van der Waals surface area contributed by atoms with E-state index in [1.54, 1.807) is 6.33 Å². The molecule has 0 aliphatic carbocycles. The van der Waals surface area contributed by atoms with Gasteiger partial charge >= 0.3 is 0 Å². The first-order chi connectivity index (χ1) is 6.83. The van der Waals surface area contributed by atoms with E-state index >= 15 is 0 Å². The van der Waals surface area contributed by atoms with Crippen molar-refractivity contribution in [1.82, 2.24) is 19.7 Å². The van der Waals surface area contributed by atoms with Crippen molar-refractivity contribution in [2.45, 2.75) is 18.9 Å². The first kappa shape index (κ1) is 9.61. The molecule has 0 amide bonds. The maximum absolute atomic E-state index is 5.79. The van der Waals surface area contributed by atoms with Crippen molar-refractivity contribution in [3.63, 3.8) is 0 Å². The summed E-state index contributed by atoms with van der Waals surface area (Å²) in [5, 5.41) is 4.08. The molecule has 1 atom stereocenters. The van der Waals surface area contributed by atoms with E-state index in [-0.39, 0.29) is 6.04 Å². The minimum absolute atomic E-state index is 0.241. The molecule has 1 aromatic heterocycles. The van der Waals surface area contributed by atoms with Crippen LogP contribution in [0.5, 0.6) is 0 Å². The Morgan fingerprint density at radius 2 is 2.21 bits per heavy atom. The van der Waals surface area contributed by atoms with Crippen LogP contribution in [0.4, 0.5) is 0 Å². The monoisotopic (exact) mass is 195 g/mol. The third-order valence-electron chi connectivity index (χ3n) is 2.85. The fourth-order valence-electron chi connectivity index (χ4n) is 2.08. The number of aromatic nitrogens is 3. The first-order valence-corrected chi connectivity index (χ1v) is 5.11. The summed E-state index contributed by atoms with van der Waals surface area (Å²) in [6.45, 7) is 2.88. The van der Waals surface area contributed by atoms with Gasteiger partial charge in [0.1, 0.15) is 12.2 Å². The van der Waals surface area contributed by atoms with Crippen LogP contribution >= 0.6 is 0 Å². The molecule has 2 N–H and O–H groups in total. The molecule has 0 bridgehead atoms. The van der Waals surface area contributed by atoms with Gasteiger partial charge in [0.25, 0.3) is 0 Å². The van der Waals surface area contributed by atoms with Crippen LogP contribution in [-0.4, -0.2) is 39.3 Å². The minimum Gasteiger partial charge on any atom is -0.328 e. The molecule has 1 aliphatic rings. The molecule has 78 valence electrons. The fourth-order valence-corrected chi connectivity index (χ4v) is 2.08. The molecular weight excluding hydrogens is 178 g/mol. The molecule has 0 spiro atoms. The van der Waals surface area contributed by atoms with Crippen molar-refractivity contribution >= 4 is 0 Å². The molecule has 5 nitrogen and oxygen atoms in total. The summed E-state index contributed by atoms with van der Waals surface area (Å²) in [6.07, 6.45) is 4.14. The van der Waals surface area contributed by atoms with Crippen molar-refractivity contribution in [1.29, 1.82) is 0 Å². The summed E-state index contributed by atoms with van der Waals surface area (Å²) in [7, 11) is 1.92. The Bertz CT molecular complexity index is 289. The fraction of sp³-hybridized carbons (Fsp3) is 0.778. The van der Waals surface area contributed by atoms with E-state index in [0.717, 1.165) is 18.9 Å². The van der Waals surface area contributed by atoms with E-state index in [0.29, 0.717) is 6.54 Å². The van der Waals surface area contributed by atoms with Crippen molar-refractivity contribution in [3.8, 4) is 0 Å². The van der Waals surface area contributed by atoms with Crippen LogP contribution in [0.15, 0.2) is 6.33 Å². The number of hydrogen-bond acceptors (Lipinski definition) is 4. The topological polar surface area (TPSA) is 60.0 Å². The highest BCUT2D eigenvalue weighted by molar-refractivity contribution is 4.96. The van der Waals surface area contributed by atoms with Gasteiger partial charge in [0.15, 0.2) is 0 Å². The lowest BCUT2D eigenvalue weighted by Gasteiger charge is -2.24. The van der Waals surface area contributed by atoms with E-state index in [2.05, 4.69) is 15.0 Å². The van der Waals surface area contributed by atoms with Gasteiger partial charge in [-0.15, -0.1) is 0 Å². The highest BCUT2D eigenvalue weighted by Gasteiger charge is 2.25. The van der Waals surface area contributed by atoms with E-state index in [1.807, 2.05) is 11.7 Å². The van der Waals surface area contributed by atoms with Gasteiger partial charge in [-0.25, -0.2) is 4.98 Å². The smallest absolute Gasteiger partial charge is 0.145 e. The number of likely N-dealkylation sites (tertiary alicyclic amines) is 1. The van der Waals surface area contributed by atoms with Crippen LogP contribution in [0.1, 0.15) is 24.7 Å². The summed E-state index contributed by atoms with van der Waals surface area (Å²) in [4.78, 5) is 6.65. The summed E-state index contributed by atoms with van der Waals surface area (Å²) >= 11 is 0. The summed E-state index contributed by atoms with van der Waals surface area (Å²) in [5.74, 6) is 0.981. The van der Waals surface area contributed by atoms with Crippen LogP contribution in [0.3, 0.4) is 0 Å². The minimum atomic E-state index is 0.241. The second kappa shape index (κ2) is 4.06. The largest absolute Gasteiger partial charge is 0.328 e. The molecule has 1 fully saturated rings. The molecule has 2 rings (SSSR count). The van der Waals surface area contributed by atoms with Crippen LogP contribution in [-0.2, 0) is 7.05 Å². The number of nitrogens with zero attached hydrogens (tertiary/aromatic N) is 4. The zero-order valence-electron chi connectivity index (χ0n) is 8.56. The van der Waals surface area contributed by atoms with Gasteiger partial charge in [-0.05, 0) is 25.9 Å². The molecule has 0 aromatic carbocycles. The average molecular weight is 195 g/mol. The van der Waals surface area contributed by atoms with E-state index < -0.39 is 0 Å². The van der Waals surface area contributed by atoms with Crippen molar-refractivity contribution < 1.29 is 0 Å². The predicted molar refractivity (Wildman–Crippen MR) is 53.6 cm³/mol. The summed E-state index contributed by atoms with van der Waals surface area (Å²) in [5.41, 5.74) is 5.79. The standard InChI is InChI=1S/C9H17N5/c1-13-9(11-7-12-13)8(6-10)14-4-2-3-5-14/h7-8H,2-6,10H2,1H3. The molecular formula is C9H17N5. The highest BCUT2D eigenvalue weighted by atomic mass is 15.3. The predicted octanol–water partition coefficient (Wildman–Crippen LogP) is -0.0893. The zero-order valence-corrected chi connectivity index (χ0v) is 8.56. The molecule has 0 radical (unpaired) electrons. The highest BCUT2D eigenvalue weighted by Crippen LogP contribution is 2.21. The van der Waals surface area contributed by atoms with Gasteiger partial charge in [0, 0.05) is 13.6 Å². The number of hydrogen-bond donors (Lipinski definition) is 1. The number of nitrogens with two attached hydrogens (primary N) is 1. The Morgan fingerprint density at radius 1 is 1.50 bits per heavy atom. The molecule has 2 heterocycles. The Balaban J connectivity index is 2.16. The van der Waals surface area contributed by atoms with Crippen LogP contribution < -0.4 is 5.73 Å². The van der Waals surface area contributed by atoms with Gasteiger partial charge in [-0.1, -0.05) is 0 Å². The van der Waals surface area contributed by atoms with Crippen molar-refractivity contribution in [2.75, 3.05) is 19.6 Å². The third-order valence-corrected chi connectivity index (χ3v) is 2.85. The van der Waals surface area contributed by atoms with Crippen LogP contribution in [0.2, 0.25) is 0 Å². The van der Waals surface area contributed by atoms with Gasteiger partial charge in [-0.2, -0.15) is 5.10 Å². The first-order valence-electron chi connectivity index (χ1n) is 5.11. The lowest BCUT2D eigenvalue weighted by Crippen LogP contribution is -2.33. The molecule has 0 saturated carbocycles. The van der Waals surface area contributed by atoms with Crippen LogP contribution in [0, 0.1) is 0 Å². The molecule has 1 aromatic rings. The SMILES string of the molecule is Cn1ncnc1C(CN)N1CCCC1. The normalized spacial score (nSPS) is 20.1. The Morgan fingerprint density at radius 3 is 2.71 bits per heavy atom. The molecule has 1 unspecified atom stereocenters. The van der Waals surface area contributed by atoms with Gasteiger partial charge in [0.2, 0.25) is 0 Å². The zero-order chi connectivity index (χ0) is 9.97. The van der Waals surface area contributed by atoms with Crippen molar-refractivity contribution in [2.24, 2.45) is 12.8 Å². The maximum atomic E-state index is 5.79. The summed E-state index contributed by atoms with van der Waals surface area (Å²) in [6, 6.07) is 0.241. The van der Waals surface area contributed by atoms with E-state index in [4.69, 9.17) is 5.73 Å². The number of aryl methyl sites for hydroxylation is 1. The Hall–Kier alpha value is -0.940. The lowest BCUT2D eigenvalue weighted by atomic mass is 10.2. The molecule has 1 aliphatic heterocycles. The van der Waals surface area contributed by atoms with Gasteiger partial charge in [0.05, 0.1) is 6.04 Å². The second-order valence-electron chi connectivity index (χ2n) is 3.74. The van der Waals surface area contributed by atoms with Crippen LogP contribution in [0.25, 0.3) is 0 Å². The van der Waals surface area contributed by atoms with Gasteiger partial charge in [-0.3, -0.25) is 9.58 Å². The number of rotatable bonds is 3. The lowest BCUT2D eigenvalue weighted by molar-refractivity contribution is 0.236. The maximum Gasteiger partial charge on any atom is 0.145 e. The van der Waals surface area contributed by atoms with Crippen molar-refractivity contribution in [3.05, 3.63) is 12.2 Å². The van der Waals surface area contributed by atoms with E-state index in [1.165, 1.54) is 12.8 Å². The average Bonchev–Trinajstić information content (AvgIpc) is 2.80. The molecule has 1 saturated heterocycles.